The zero-order valence-corrected chi connectivity index (χ0v) is 10.00. The number of hydrogen-bond donors (Lipinski definition) is 2. The predicted molar refractivity (Wildman–Crippen MR) is 66.0 cm³/mol. The van der Waals surface area contributed by atoms with Crippen molar-refractivity contribution >= 4 is 11.4 Å². The molecule has 4 atom stereocenters. The molecule has 3 N–H and O–H groups in total. The first-order valence-corrected chi connectivity index (χ1v) is 6.66. The first-order valence-electron chi connectivity index (χ1n) is 6.66. The maximum absolute atomic E-state index is 13.4. The van der Waals surface area contributed by atoms with Gasteiger partial charge in [0, 0.05) is 12.1 Å². The molecule has 4 unspecified atom stereocenters. The van der Waals surface area contributed by atoms with E-state index in [1.165, 1.54) is 25.3 Å². The van der Waals surface area contributed by atoms with Crippen molar-refractivity contribution in [2.45, 2.75) is 25.3 Å². The summed E-state index contributed by atoms with van der Waals surface area (Å²) in [4.78, 5) is 0. The molecular formula is C14H16F2N2. The fraction of sp³-hybridized carbons (Fsp3) is 0.571. The summed E-state index contributed by atoms with van der Waals surface area (Å²) < 4.78 is 26.6. The molecule has 2 nitrogen and oxygen atoms in total. The van der Waals surface area contributed by atoms with E-state index >= 15 is 0 Å². The number of benzene rings is 1. The largest absolute Gasteiger partial charge is 0.395 e. The second kappa shape index (κ2) is 3.37. The molecule has 1 aromatic carbocycles. The van der Waals surface area contributed by atoms with E-state index in [1.54, 1.807) is 0 Å². The van der Waals surface area contributed by atoms with Crippen LogP contribution in [-0.2, 0) is 0 Å². The number of nitrogens with one attached hydrogen (secondary N) is 1. The Labute approximate surface area is 105 Å². The Morgan fingerprint density at radius 3 is 2.44 bits per heavy atom. The van der Waals surface area contributed by atoms with Gasteiger partial charge in [-0.05, 0) is 49.0 Å². The van der Waals surface area contributed by atoms with Gasteiger partial charge in [0.05, 0.1) is 11.4 Å². The van der Waals surface area contributed by atoms with Gasteiger partial charge in [0.2, 0.25) is 0 Å². The van der Waals surface area contributed by atoms with E-state index in [9.17, 15) is 8.78 Å². The molecule has 3 aliphatic carbocycles. The number of anilines is 2. The molecule has 0 amide bonds. The molecular weight excluding hydrogens is 234 g/mol. The summed E-state index contributed by atoms with van der Waals surface area (Å²) in [6, 6.07) is 2.52. The highest BCUT2D eigenvalue weighted by Crippen LogP contribution is 2.66. The van der Waals surface area contributed by atoms with Gasteiger partial charge in [-0.1, -0.05) is 0 Å². The molecule has 4 rings (SSSR count). The van der Waals surface area contributed by atoms with E-state index in [-0.39, 0.29) is 5.69 Å². The summed E-state index contributed by atoms with van der Waals surface area (Å²) in [7, 11) is 0. The minimum Gasteiger partial charge on any atom is -0.395 e. The third-order valence-corrected chi connectivity index (χ3v) is 5.15. The van der Waals surface area contributed by atoms with E-state index < -0.39 is 11.6 Å². The highest BCUT2D eigenvalue weighted by Gasteiger charge is 2.65. The summed E-state index contributed by atoms with van der Waals surface area (Å²) in [5.74, 6) is 1.85. The van der Waals surface area contributed by atoms with Crippen LogP contribution >= 0.6 is 0 Å². The lowest BCUT2D eigenvalue weighted by atomic mass is 10.0. The molecule has 0 saturated heterocycles. The number of nitrogens with two attached hydrogens (primary N) is 1. The minimum atomic E-state index is -0.675. The lowest BCUT2D eigenvalue weighted by Crippen LogP contribution is -2.14. The second-order valence-corrected chi connectivity index (χ2v) is 6.01. The third kappa shape index (κ3) is 1.32. The number of rotatable bonds is 2. The van der Waals surface area contributed by atoms with Crippen LogP contribution in [0.4, 0.5) is 20.2 Å². The number of fused-ring (bicyclic) bond motifs is 5. The average Bonchev–Trinajstić information content (AvgIpc) is 2.72. The first kappa shape index (κ1) is 10.6. The van der Waals surface area contributed by atoms with Crippen LogP contribution in [0.25, 0.3) is 0 Å². The quantitative estimate of drug-likeness (QED) is 0.792. The van der Waals surface area contributed by atoms with Crippen LogP contribution in [0.15, 0.2) is 12.1 Å². The van der Waals surface area contributed by atoms with Crippen molar-refractivity contribution in [2.24, 2.45) is 23.7 Å². The molecule has 96 valence electrons. The van der Waals surface area contributed by atoms with Crippen LogP contribution in [0.1, 0.15) is 19.3 Å². The Morgan fingerprint density at radius 2 is 1.78 bits per heavy atom. The van der Waals surface area contributed by atoms with E-state index in [0.29, 0.717) is 11.7 Å². The Balaban J connectivity index is 1.57. The smallest absolute Gasteiger partial charge is 0.151 e. The maximum atomic E-state index is 13.4. The SMILES string of the molecule is Nc1c(F)cc(F)cc1NC1C2C3CCC(C3)C12. The van der Waals surface area contributed by atoms with Gasteiger partial charge in [-0.15, -0.1) is 0 Å². The van der Waals surface area contributed by atoms with Crippen molar-refractivity contribution in [1.82, 2.24) is 0 Å². The maximum Gasteiger partial charge on any atom is 0.151 e. The van der Waals surface area contributed by atoms with Gasteiger partial charge in [0.1, 0.15) is 5.82 Å². The molecule has 3 aliphatic rings. The van der Waals surface area contributed by atoms with E-state index in [0.717, 1.165) is 29.7 Å². The van der Waals surface area contributed by atoms with Crippen molar-refractivity contribution in [3.05, 3.63) is 23.8 Å². The summed E-state index contributed by atoms with van der Waals surface area (Å²) in [5.41, 5.74) is 6.12. The van der Waals surface area contributed by atoms with Crippen LogP contribution in [0.3, 0.4) is 0 Å². The van der Waals surface area contributed by atoms with E-state index in [4.69, 9.17) is 5.73 Å². The normalized spacial score (nSPS) is 39.8. The van der Waals surface area contributed by atoms with E-state index in [2.05, 4.69) is 5.32 Å². The van der Waals surface area contributed by atoms with Gasteiger partial charge in [0.25, 0.3) is 0 Å². The Morgan fingerprint density at radius 1 is 1.11 bits per heavy atom. The summed E-state index contributed by atoms with van der Waals surface area (Å²) in [6.45, 7) is 0. The van der Waals surface area contributed by atoms with Gasteiger partial charge in [-0.3, -0.25) is 0 Å². The highest BCUT2D eigenvalue weighted by atomic mass is 19.1. The first-order chi connectivity index (χ1) is 8.65. The summed E-state index contributed by atoms with van der Waals surface area (Å²) in [6.07, 6.45) is 4.02. The Hall–Kier alpha value is -1.32. The molecule has 3 fully saturated rings. The summed E-state index contributed by atoms with van der Waals surface area (Å²) >= 11 is 0. The third-order valence-electron chi connectivity index (χ3n) is 5.15. The second-order valence-electron chi connectivity index (χ2n) is 6.01. The molecule has 3 saturated carbocycles. The molecule has 2 bridgehead atoms. The van der Waals surface area contributed by atoms with E-state index in [1.807, 2.05) is 0 Å². The van der Waals surface area contributed by atoms with Crippen molar-refractivity contribution in [2.75, 3.05) is 11.1 Å². The van der Waals surface area contributed by atoms with Crippen molar-refractivity contribution in [3.63, 3.8) is 0 Å². The zero-order valence-electron chi connectivity index (χ0n) is 10.00. The Kier molecular flexibility index (Phi) is 1.98. The monoisotopic (exact) mass is 250 g/mol. The topological polar surface area (TPSA) is 38.0 Å². The van der Waals surface area contributed by atoms with Crippen LogP contribution in [0.2, 0.25) is 0 Å². The number of hydrogen-bond acceptors (Lipinski definition) is 2. The minimum absolute atomic E-state index is 0.0359. The standard InChI is InChI=1S/C14H16F2N2/c15-8-4-9(16)13(17)10(5-8)18-14-11-6-1-2-7(3-6)12(11)14/h4-7,11-12,14,18H,1-3,17H2. The van der Waals surface area contributed by atoms with Crippen molar-refractivity contribution < 1.29 is 8.78 Å². The molecule has 18 heavy (non-hydrogen) atoms. The van der Waals surface area contributed by atoms with Gasteiger partial charge in [-0.25, -0.2) is 8.78 Å². The highest BCUT2D eigenvalue weighted by molar-refractivity contribution is 5.68. The van der Waals surface area contributed by atoms with Gasteiger partial charge in [0.15, 0.2) is 5.82 Å². The lowest BCUT2D eigenvalue weighted by molar-refractivity contribution is 0.456. The van der Waals surface area contributed by atoms with Crippen LogP contribution in [0.5, 0.6) is 0 Å². The fourth-order valence-electron chi connectivity index (χ4n) is 4.40. The molecule has 0 radical (unpaired) electrons. The van der Waals surface area contributed by atoms with Crippen LogP contribution < -0.4 is 11.1 Å². The fourth-order valence-corrected chi connectivity index (χ4v) is 4.40. The van der Waals surface area contributed by atoms with Gasteiger partial charge < -0.3 is 11.1 Å². The van der Waals surface area contributed by atoms with Gasteiger partial charge >= 0.3 is 0 Å². The molecule has 4 heteroatoms. The Bertz CT molecular complexity index is 501. The average molecular weight is 250 g/mol. The predicted octanol–water partition coefficient (Wildman–Crippen LogP) is 3.00. The van der Waals surface area contributed by atoms with Crippen molar-refractivity contribution in [1.29, 1.82) is 0 Å². The lowest BCUT2D eigenvalue weighted by Gasteiger charge is -2.14. The van der Waals surface area contributed by atoms with Gasteiger partial charge in [-0.2, -0.15) is 0 Å². The molecule has 0 aromatic heterocycles. The molecule has 0 spiro atoms. The summed E-state index contributed by atoms with van der Waals surface area (Å²) in [5, 5.41) is 3.26. The number of halogens is 2. The van der Waals surface area contributed by atoms with Crippen LogP contribution in [-0.4, -0.2) is 6.04 Å². The number of nitrogen functional groups attached to an aromatic ring is 1. The molecule has 0 aliphatic heterocycles. The molecule has 0 heterocycles. The van der Waals surface area contributed by atoms with Crippen LogP contribution in [0, 0.1) is 35.3 Å². The van der Waals surface area contributed by atoms with Crippen molar-refractivity contribution in [3.8, 4) is 0 Å². The zero-order chi connectivity index (χ0) is 12.4. The molecule has 1 aromatic rings.